The van der Waals surface area contributed by atoms with Gasteiger partial charge in [0, 0.05) is 39.0 Å². The normalized spacial score (nSPS) is 14.5. The van der Waals surface area contributed by atoms with E-state index < -0.39 is 6.10 Å². The molecule has 0 radical (unpaired) electrons. The number of carbonyl (C=O) groups excluding carboxylic acids is 1. The molecule has 230 valence electrons. The summed E-state index contributed by atoms with van der Waals surface area (Å²) in [5.74, 6) is -0.227. The largest absolute Gasteiger partial charge is 0.389 e. The molecule has 0 saturated carbocycles. The maximum Gasteiger partial charge on any atom is 0.263 e. The van der Waals surface area contributed by atoms with Gasteiger partial charge in [-0.1, -0.05) is 89.9 Å². The minimum atomic E-state index is -0.785. The Morgan fingerprint density at radius 3 is 1.91 bits per heavy atom. The molecule has 0 aliphatic carbocycles. The standard InChI is InChI=1S/C39H27Cl2N3O3/c40-31-14-9-15-32(41)37(31)44-36-19-8-2-11-27(36)30(39(44)47)20-24-21-42(33-16-5-1-10-26(24)33)22-25(45)23-43-34-17-6-3-12-28(34)38(46)29-13-4-7-18-35(29)43/h1-21,25,45H,22-23H2/b30-20-/t25-/m1/s1. The second-order valence-corrected chi connectivity index (χ2v) is 12.5. The van der Waals surface area contributed by atoms with Crippen molar-refractivity contribution in [2.24, 2.45) is 0 Å². The second-order valence-electron chi connectivity index (χ2n) is 11.7. The smallest absolute Gasteiger partial charge is 0.263 e. The molecule has 8 heteroatoms. The molecule has 1 N–H and O–H groups in total. The lowest BCUT2D eigenvalue weighted by molar-refractivity contribution is -0.112. The zero-order valence-electron chi connectivity index (χ0n) is 25.0. The monoisotopic (exact) mass is 655 g/mol. The average molecular weight is 657 g/mol. The Balaban J connectivity index is 1.19. The molecule has 1 amide bonds. The van der Waals surface area contributed by atoms with E-state index in [1.807, 2.05) is 118 Å². The summed E-state index contributed by atoms with van der Waals surface area (Å²) in [5.41, 5.74) is 5.76. The molecule has 0 saturated heterocycles. The van der Waals surface area contributed by atoms with Crippen LogP contribution in [-0.2, 0) is 17.9 Å². The van der Waals surface area contributed by atoms with Gasteiger partial charge in [-0.05, 0) is 54.6 Å². The first kappa shape index (κ1) is 29.3. The lowest BCUT2D eigenvalue weighted by Gasteiger charge is -2.20. The number of aliphatic hydroxyl groups is 1. The van der Waals surface area contributed by atoms with Crippen molar-refractivity contribution in [1.82, 2.24) is 9.13 Å². The highest BCUT2D eigenvalue weighted by Crippen LogP contribution is 2.47. The molecule has 0 spiro atoms. The molecule has 0 unspecified atom stereocenters. The molecule has 8 rings (SSSR count). The van der Waals surface area contributed by atoms with E-state index in [-0.39, 0.29) is 17.9 Å². The summed E-state index contributed by atoms with van der Waals surface area (Å²) in [6.45, 7) is 0.577. The van der Waals surface area contributed by atoms with Crippen molar-refractivity contribution in [3.8, 4) is 0 Å². The number of pyridine rings is 1. The average Bonchev–Trinajstić information content (AvgIpc) is 3.57. The zero-order chi connectivity index (χ0) is 32.2. The molecule has 0 fully saturated rings. The van der Waals surface area contributed by atoms with Crippen molar-refractivity contribution in [2.45, 2.75) is 19.2 Å². The van der Waals surface area contributed by atoms with E-state index in [0.717, 1.165) is 33.1 Å². The molecule has 2 aromatic heterocycles. The summed E-state index contributed by atoms with van der Waals surface area (Å²) in [5, 5.41) is 14.5. The van der Waals surface area contributed by atoms with Gasteiger partial charge in [0.1, 0.15) is 0 Å². The Morgan fingerprint density at radius 1 is 0.660 bits per heavy atom. The number of nitrogens with zero attached hydrogens (tertiary/aromatic N) is 3. The van der Waals surface area contributed by atoms with Crippen LogP contribution in [-0.4, -0.2) is 26.3 Å². The van der Waals surface area contributed by atoms with Gasteiger partial charge in [-0.3, -0.25) is 14.5 Å². The lowest BCUT2D eigenvalue weighted by Crippen LogP contribution is -2.23. The van der Waals surface area contributed by atoms with Crippen LogP contribution < -0.4 is 10.3 Å². The van der Waals surface area contributed by atoms with Gasteiger partial charge in [0.05, 0.1) is 57.2 Å². The van der Waals surface area contributed by atoms with Gasteiger partial charge in [0.15, 0.2) is 5.43 Å². The number of benzene rings is 5. The Hall–Kier alpha value is -5.14. The summed E-state index contributed by atoms with van der Waals surface area (Å²) >= 11 is 13.1. The molecule has 6 nitrogen and oxygen atoms in total. The highest BCUT2D eigenvalue weighted by Gasteiger charge is 2.35. The molecule has 7 aromatic rings. The van der Waals surface area contributed by atoms with E-state index in [4.69, 9.17) is 23.2 Å². The SMILES string of the molecule is O=C1/C(=C\c2cn(C[C@@H](O)Cn3c4ccccc4c(=O)c4ccccc43)c3ccccc23)c2ccccc2N1c1c(Cl)cccc1Cl. The molecule has 1 aliphatic heterocycles. The molecule has 0 bridgehead atoms. The van der Waals surface area contributed by atoms with Crippen LogP contribution >= 0.6 is 23.2 Å². The maximum absolute atomic E-state index is 14.1. The van der Waals surface area contributed by atoms with Crippen LogP contribution in [0.3, 0.4) is 0 Å². The lowest BCUT2D eigenvalue weighted by atomic mass is 10.0. The number of hydrogen-bond acceptors (Lipinski definition) is 3. The quantitative estimate of drug-likeness (QED) is 0.144. The van der Waals surface area contributed by atoms with E-state index >= 15 is 0 Å². The Bertz CT molecular complexity index is 2400. The predicted molar refractivity (Wildman–Crippen MR) is 192 cm³/mol. The van der Waals surface area contributed by atoms with Gasteiger partial charge in [0.25, 0.3) is 5.91 Å². The van der Waals surface area contributed by atoms with Crippen LogP contribution in [0.15, 0.2) is 126 Å². The number of anilines is 2. The van der Waals surface area contributed by atoms with Crippen molar-refractivity contribution in [3.63, 3.8) is 0 Å². The van der Waals surface area contributed by atoms with Gasteiger partial charge >= 0.3 is 0 Å². The maximum atomic E-state index is 14.1. The van der Waals surface area contributed by atoms with Crippen molar-refractivity contribution >= 4 is 84.8 Å². The van der Waals surface area contributed by atoms with Crippen molar-refractivity contribution in [1.29, 1.82) is 0 Å². The number of amides is 1. The minimum Gasteiger partial charge on any atom is -0.389 e. The molecule has 1 aliphatic rings. The van der Waals surface area contributed by atoms with Crippen LogP contribution in [0.2, 0.25) is 10.0 Å². The van der Waals surface area contributed by atoms with Gasteiger partial charge in [-0.25, -0.2) is 0 Å². The highest BCUT2D eigenvalue weighted by atomic mass is 35.5. The van der Waals surface area contributed by atoms with Gasteiger partial charge in [-0.2, -0.15) is 0 Å². The Labute approximate surface area is 279 Å². The summed E-state index contributed by atoms with van der Waals surface area (Å²) < 4.78 is 4.04. The molecule has 5 aromatic carbocycles. The first-order valence-corrected chi connectivity index (χ1v) is 16.0. The van der Waals surface area contributed by atoms with E-state index in [2.05, 4.69) is 0 Å². The number of para-hydroxylation sites is 5. The Morgan fingerprint density at radius 2 is 1.23 bits per heavy atom. The van der Waals surface area contributed by atoms with Crippen molar-refractivity contribution < 1.29 is 9.90 Å². The highest BCUT2D eigenvalue weighted by molar-refractivity contribution is 6.45. The number of aromatic nitrogens is 2. The van der Waals surface area contributed by atoms with Crippen LogP contribution in [0.4, 0.5) is 11.4 Å². The number of fused-ring (bicyclic) bond motifs is 4. The third kappa shape index (κ3) is 4.84. The second kappa shape index (κ2) is 11.6. The molecule has 1 atom stereocenters. The van der Waals surface area contributed by atoms with Gasteiger partial charge in [-0.15, -0.1) is 0 Å². The number of halogens is 2. The number of rotatable bonds is 6. The number of hydrogen-bond donors (Lipinski definition) is 1. The third-order valence-corrected chi connectivity index (χ3v) is 9.44. The van der Waals surface area contributed by atoms with E-state index in [0.29, 0.717) is 44.3 Å². The first-order chi connectivity index (χ1) is 22.9. The number of aliphatic hydroxyl groups excluding tert-OH is 1. The van der Waals surface area contributed by atoms with Crippen molar-refractivity contribution in [3.05, 3.63) is 153 Å². The van der Waals surface area contributed by atoms with E-state index in [9.17, 15) is 14.7 Å². The van der Waals surface area contributed by atoms with Crippen LogP contribution in [0.1, 0.15) is 11.1 Å². The van der Waals surface area contributed by atoms with Crippen LogP contribution in [0.25, 0.3) is 44.4 Å². The van der Waals surface area contributed by atoms with E-state index in [1.54, 1.807) is 23.1 Å². The molecular weight excluding hydrogens is 629 g/mol. The van der Waals surface area contributed by atoms with Gasteiger partial charge in [0.2, 0.25) is 0 Å². The summed E-state index contributed by atoms with van der Waals surface area (Å²) in [6, 6.07) is 35.8. The first-order valence-electron chi connectivity index (χ1n) is 15.3. The summed E-state index contributed by atoms with van der Waals surface area (Å²) in [7, 11) is 0. The molecular formula is C39H27Cl2N3O3. The fraction of sp³-hybridized carbons (Fsp3) is 0.0769. The number of carbonyl (C=O) groups is 1. The van der Waals surface area contributed by atoms with Crippen molar-refractivity contribution in [2.75, 3.05) is 4.90 Å². The van der Waals surface area contributed by atoms with E-state index in [1.165, 1.54) is 0 Å². The summed E-state index contributed by atoms with van der Waals surface area (Å²) in [4.78, 5) is 28.9. The fourth-order valence-electron chi connectivity index (χ4n) is 6.77. The molecule has 47 heavy (non-hydrogen) atoms. The predicted octanol–water partition coefficient (Wildman–Crippen LogP) is 8.70. The summed E-state index contributed by atoms with van der Waals surface area (Å²) in [6.07, 6.45) is 3.09. The van der Waals surface area contributed by atoms with Crippen LogP contribution in [0.5, 0.6) is 0 Å². The third-order valence-electron chi connectivity index (χ3n) is 8.83. The fourth-order valence-corrected chi connectivity index (χ4v) is 7.34. The minimum absolute atomic E-state index is 0.0190. The van der Waals surface area contributed by atoms with Crippen LogP contribution in [0, 0.1) is 0 Å². The molecule has 3 heterocycles. The topological polar surface area (TPSA) is 67.5 Å². The zero-order valence-corrected chi connectivity index (χ0v) is 26.5. The van der Waals surface area contributed by atoms with Gasteiger partial charge < -0.3 is 14.2 Å². The Kier molecular flexibility index (Phi) is 7.22.